The summed E-state index contributed by atoms with van der Waals surface area (Å²) in [6.45, 7) is 1.73. The molecule has 2 aliphatic rings. The molecule has 0 spiro atoms. The quantitative estimate of drug-likeness (QED) is 0.813. The Labute approximate surface area is 170 Å². The maximum atomic E-state index is 13.5. The van der Waals surface area contributed by atoms with Gasteiger partial charge >= 0.3 is 0 Å². The third-order valence-electron chi connectivity index (χ3n) is 6.21. The van der Waals surface area contributed by atoms with Crippen LogP contribution in [0.4, 0.5) is 0 Å². The maximum Gasteiger partial charge on any atom is 0.231 e. The number of carbonyl (C=O) groups is 1. The Morgan fingerprint density at radius 3 is 2.71 bits per heavy atom. The molecule has 150 valence electrons. The minimum absolute atomic E-state index is 0.00750. The number of hydrogen-bond acceptors (Lipinski definition) is 5. The van der Waals surface area contributed by atoms with Gasteiger partial charge < -0.3 is 10.1 Å². The maximum absolute atomic E-state index is 13.5. The summed E-state index contributed by atoms with van der Waals surface area (Å²) >= 11 is 1.24. The molecule has 0 unspecified atom stereocenters. The fourth-order valence-corrected chi connectivity index (χ4v) is 7.77. The van der Waals surface area contributed by atoms with Crippen molar-refractivity contribution in [3.8, 4) is 5.75 Å². The van der Waals surface area contributed by atoms with Gasteiger partial charge in [0, 0.05) is 5.56 Å². The van der Waals surface area contributed by atoms with Crippen LogP contribution in [0.25, 0.3) is 0 Å². The molecule has 1 fully saturated rings. The van der Waals surface area contributed by atoms with E-state index in [1.165, 1.54) is 11.3 Å². The number of ether oxygens (including phenoxy) is 1. The highest BCUT2D eigenvalue weighted by Gasteiger charge is 2.45. The van der Waals surface area contributed by atoms with Gasteiger partial charge in [-0.3, -0.25) is 4.79 Å². The molecule has 28 heavy (non-hydrogen) atoms. The molecule has 1 N–H and O–H groups in total. The van der Waals surface area contributed by atoms with Crippen molar-refractivity contribution in [1.29, 1.82) is 0 Å². The standard InChI is InChI=1S/C21H25NO4S2/c1-14-12-18(17-8-11-27-19(17)28(14,24)25)22-20(23)21(9-3-4-10-21)15-6-5-7-16(13-15)26-2/h5-8,11,13-14,18H,3-4,9-10,12H2,1-2H3,(H,22,23)/t14-,18-/m0/s1. The Balaban J connectivity index is 1.67. The van der Waals surface area contributed by atoms with Gasteiger partial charge in [0.25, 0.3) is 0 Å². The van der Waals surface area contributed by atoms with Crippen molar-refractivity contribution < 1.29 is 17.9 Å². The molecule has 0 bridgehead atoms. The van der Waals surface area contributed by atoms with Crippen LogP contribution >= 0.6 is 11.3 Å². The lowest BCUT2D eigenvalue weighted by Crippen LogP contribution is -2.46. The van der Waals surface area contributed by atoms with E-state index in [2.05, 4.69) is 5.32 Å². The molecule has 5 nitrogen and oxygen atoms in total. The van der Waals surface area contributed by atoms with Crippen molar-refractivity contribution in [1.82, 2.24) is 5.32 Å². The monoisotopic (exact) mass is 419 g/mol. The summed E-state index contributed by atoms with van der Waals surface area (Å²) < 4.78 is 30.9. The molecule has 1 amide bonds. The molecular formula is C21H25NO4S2. The second-order valence-corrected chi connectivity index (χ2v) is 11.3. The Morgan fingerprint density at radius 2 is 2.00 bits per heavy atom. The van der Waals surface area contributed by atoms with Crippen LogP contribution in [0.3, 0.4) is 0 Å². The van der Waals surface area contributed by atoms with Crippen molar-refractivity contribution in [3.63, 3.8) is 0 Å². The first kappa shape index (κ1) is 19.5. The highest BCUT2D eigenvalue weighted by Crippen LogP contribution is 2.44. The average Bonchev–Trinajstić information content (AvgIpc) is 3.37. The highest BCUT2D eigenvalue weighted by atomic mass is 32.2. The van der Waals surface area contributed by atoms with Crippen LogP contribution < -0.4 is 10.1 Å². The van der Waals surface area contributed by atoms with Gasteiger partial charge in [-0.1, -0.05) is 25.0 Å². The van der Waals surface area contributed by atoms with E-state index in [0.29, 0.717) is 10.6 Å². The van der Waals surface area contributed by atoms with E-state index in [1.54, 1.807) is 19.4 Å². The van der Waals surface area contributed by atoms with E-state index in [1.807, 2.05) is 30.3 Å². The van der Waals surface area contributed by atoms with Gasteiger partial charge in [0.05, 0.1) is 23.8 Å². The zero-order chi connectivity index (χ0) is 19.9. The predicted octanol–water partition coefficient (Wildman–Crippen LogP) is 3.99. The van der Waals surface area contributed by atoms with Gasteiger partial charge in [-0.15, -0.1) is 11.3 Å². The first-order chi connectivity index (χ1) is 13.4. The number of carbonyl (C=O) groups excluding carboxylic acids is 1. The summed E-state index contributed by atoms with van der Waals surface area (Å²) in [6, 6.07) is 9.33. The van der Waals surface area contributed by atoms with Gasteiger partial charge in [-0.05, 0) is 55.3 Å². The molecule has 1 aromatic carbocycles. The number of methoxy groups -OCH3 is 1. The topological polar surface area (TPSA) is 72.5 Å². The molecule has 7 heteroatoms. The number of amides is 1. The van der Waals surface area contributed by atoms with Crippen LogP contribution in [0.15, 0.2) is 39.9 Å². The minimum atomic E-state index is -3.29. The molecule has 0 saturated heterocycles. The molecule has 2 atom stereocenters. The predicted molar refractivity (Wildman–Crippen MR) is 110 cm³/mol. The third kappa shape index (κ3) is 3.05. The molecule has 1 aromatic heterocycles. The van der Waals surface area contributed by atoms with Gasteiger partial charge in [-0.2, -0.15) is 0 Å². The van der Waals surface area contributed by atoms with E-state index >= 15 is 0 Å². The summed E-state index contributed by atoms with van der Waals surface area (Å²) in [7, 11) is -1.66. The van der Waals surface area contributed by atoms with E-state index in [9.17, 15) is 13.2 Å². The number of benzene rings is 1. The zero-order valence-corrected chi connectivity index (χ0v) is 17.7. The minimum Gasteiger partial charge on any atom is -0.497 e. The number of sulfone groups is 1. The Kier molecular flexibility index (Phi) is 5.00. The van der Waals surface area contributed by atoms with Gasteiger partial charge in [0.1, 0.15) is 9.96 Å². The first-order valence-electron chi connectivity index (χ1n) is 9.65. The van der Waals surface area contributed by atoms with Gasteiger partial charge in [0.15, 0.2) is 9.84 Å². The summed E-state index contributed by atoms with van der Waals surface area (Å²) in [5, 5.41) is 4.51. The van der Waals surface area contributed by atoms with E-state index < -0.39 is 20.5 Å². The molecule has 1 saturated carbocycles. The lowest BCUT2D eigenvalue weighted by molar-refractivity contribution is -0.127. The second-order valence-electron chi connectivity index (χ2n) is 7.80. The fourth-order valence-electron chi connectivity index (χ4n) is 4.54. The molecule has 1 aliphatic carbocycles. The summed E-state index contributed by atoms with van der Waals surface area (Å²) in [5.41, 5.74) is 1.13. The largest absolute Gasteiger partial charge is 0.497 e. The Hall–Kier alpha value is -1.86. The van der Waals surface area contributed by atoms with Crippen molar-refractivity contribution in [2.24, 2.45) is 0 Å². The second kappa shape index (κ2) is 7.19. The van der Waals surface area contributed by atoms with Crippen LogP contribution in [0.5, 0.6) is 5.75 Å². The van der Waals surface area contributed by atoms with E-state index in [4.69, 9.17) is 4.74 Å². The van der Waals surface area contributed by atoms with Gasteiger partial charge in [0.2, 0.25) is 5.91 Å². The number of rotatable bonds is 4. The molecular weight excluding hydrogens is 394 g/mol. The number of nitrogens with one attached hydrogen (secondary N) is 1. The summed E-state index contributed by atoms with van der Waals surface area (Å²) in [6.07, 6.45) is 4.01. The Bertz CT molecular complexity index is 989. The normalized spacial score (nSPS) is 25.1. The van der Waals surface area contributed by atoms with Crippen molar-refractivity contribution in [3.05, 3.63) is 46.8 Å². The number of fused-ring (bicyclic) bond motifs is 1. The Morgan fingerprint density at radius 1 is 1.25 bits per heavy atom. The average molecular weight is 420 g/mol. The first-order valence-corrected chi connectivity index (χ1v) is 12.1. The lowest BCUT2D eigenvalue weighted by atomic mass is 9.77. The van der Waals surface area contributed by atoms with Crippen LogP contribution in [-0.2, 0) is 20.0 Å². The zero-order valence-electron chi connectivity index (χ0n) is 16.1. The van der Waals surface area contributed by atoms with Crippen LogP contribution in [0.2, 0.25) is 0 Å². The van der Waals surface area contributed by atoms with Crippen molar-refractivity contribution in [2.75, 3.05) is 7.11 Å². The fraction of sp³-hybridized carbons (Fsp3) is 0.476. The molecule has 4 rings (SSSR count). The van der Waals surface area contributed by atoms with E-state index in [0.717, 1.165) is 42.6 Å². The van der Waals surface area contributed by atoms with Crippen molar-refractivity contribution in [2.45, 2.75) is 59.9 Å². The van der Waals surface area contributed by atoms with Crippen molar-refractivity contribution >= 4 is 27.1 Å². The summed E-state index contributed by atoms with van der Waals surface area (Å²) in [5.74, 6) is 0.737. The lowest BCUT2D eigenvalue weighted by Gasteiger charge is -2.33. The number of thiophene rings is 1. The van der Waals surface area contributed by atoms with Gasteiger partial charge in [-0.25, -0.2) is 8.42 Å². The molecule has 2 heterocycles. The smallest absolute Gasteiger partial charge is 0.231 e. The van der Waals surface area contributed by atoms with E-state index in [-0.39, 0.29) is 11.9 Å². The molecule has 2 aromatic rings. The van der Waals surface area contributed by atoms with Crippen LogP contribution in [0.1, 0.15) is 56.2 Å². The molecule has 1 aliphatic heterocycles. The summed E-state index contributed by atoms with van der Waals surface area (Å²) in [4.78, 5) is 13.5. The molecule has 0 radical (unpaired) electrons. The van der Waals surface area contributed by atoms with Crippen LogP contribution in [-0.4, -0.2) is 26.7 Å². The highest BCUT2D eigenvalue weighted by molar-refractivity contribution is 7.94. The third-order valence-corrected chi connectivity index (χ3v) is 9.92. The SMILES string of the molecule is COc1cccc(C2(C(=O)N[C@H]3C[C@H](C)S(=O)(=O)c4sccc43)CCCC2)c1. The van der Waals surface area contributed by atoms with Crippen LogP contribution in [0, 0.1) is 0 Å². The number of hydrogen-bond donors (Lipinski definition) is 1.